The number of rotatable bonds is 4. The molecule has 0 aliphatic heterocycles. The molecule has 7 heteroatoms. The molecule has 0 fully saturated rings. The monoisotopic (exact) mass is 261 g/mol. The lowest BCUT2D eigenvalue weighted by Gasteiger charge is -2.18. The van der Waals surface area contributed by atoms with Crippen molar-refractivity contribution in [3.63, 3.8) is 0 Å². The highest BCUT2D eigenvalue weighted by Gasteiger charge is 2.31. The number of anilines is 1. The summed E-state index contributed by atoms with van der Waals surface area (Å²) in [6.45, 7) is 1.31. The molecule has 0 unspecified atom stereocenters. The number of amides is 1. The highest BCUT2D eigenvalue weighted by atomic mass is 19.4. The van der Waals surface area contributed by atoms with Crippen LogP contribution in [-0.4, -0.2) is 42.1 Å². The van der Waals surface area contributed by atoms with Gasteiger partial charge in [-0.25, -0.2) is 4.98 Å². The number of hydrogen-bond donors (Lipinski definition) is 1. The number of carbonyl (C=O) groups is 1. The third kappa shape index (κ3) is 4.23. The van der Waals surface area contributed by atoms with Gasteiger partial charge in [-0.1, -0.05) is 0 Å². The smallest absolute Gasteiger partial charge is 0.384 e. The Morgan fingerprint density at radius 1 is 1.44 bits per heavy atom. The lowest BCUT2D eigenvalue weighted by Crippen LogP contribution is -2.36. The molecule has 0 aromatic carbocycles. The van der Waals surface area contributed by atoms with Crippen LogP contribution in [-0.2, 0) is 0 Å². The number of alkyl halides is 3. The van der Waals surface area contributed by atoms with E-state index in [0.717, 1.165) is 7.05 Å². The standard InChI is InChI=1S/C11H14F3N3O/c1-3-15-8-4-5-9(16-6-8)10(18)17(2)7-11(12,13)14/h4-6,15H,3,7H2,1-2H3. The van der Waals surface area contributed by atoms with Crippen molar-refractivity contribution in [3.8, 4) is 0 Å². The third-order valence-electron chi connectivity index (χ3n) is 2.13. The fourth-order valence-corrected chi connectivity index (χ4v) is 1.37. The van der Waals surface area contributed by atoms with E-state index < -0.39 is 18.6 Å². The van der Waals surface area contributed by atoms with Crippen LogP contribution in [0.1, 0.15) is 17.4 Å². The van der Waals surface area contributed by atoms with Crippen molar-refractivity contribution in [2.45, 2.75) is 13.1 Å². The van der Waals surface area contributed by atoms with E-state index in [4.69, 9.17) is 0 Å². The summed E-state index contributed by atoms with van der Waals surface area (Å²) >= 11 is 0. The number of hydrogen-bond acceptors (Lipinski definition) is 3. The molecule has 0 saturated heterocycles. The van der Waals surface area contributed by atoms with Crippen molar-refractivity contribution in [1.82, 2.24) is 9.88 Å². The molecule has 0 bridgehead atoms. The molecule has 1 N–H and O–H groups in total. The average molecular weight is 261 g/mol. The second kappa shape index (κ2) is 5.70. The maximum atomic E-state index is 12.1. The predicted octanol–water partition coefficient (Wildman–Crippen LogP) is 2.15. The number of nitrogens with zero attached hydrogens (tertiary/aromatic N) is 2. The van der Waals surface area contributed by atoms with Gasteiger partial charge in [0, 0.05) is 13.6 Å². The van der Waals surface area contributed by atoms with E-state index in [2.05, 4.69) is 10.3 Å². The van der Waals surface area contributed by atoms with Gasteiger partial charge in [-0.05, 0) is 19.1 Å². The van der Waals surface area contributed by atoms with Gasteiger partial charge in [-0.3, -0.25) is 4.79 Å². The van der Waals surface area contributed by atoms with Crippen LogP contribution >= 0.6 is 0 Å². The minimum Gasteiger partial charge on any atom is -0.384 e. The number of nitrogens with one attached hydrogen (secondary N) is 1. The number of carbonyl (C=O) groups excluding carboxylic acids is 1. The SMILES string of the molecule is CCNc1ccc(C(=O)N(C)CC(F)(F)F)nc1. The van der Waals surface area contributed by atoms with Gasteiger partial charge in [0.1, 0.15) is 12.2 Å². The van der Waals surface area contributed by atoms with Crippen molar-refractivity contribution in [3.05, 3.63) is 24.0 Å². The Hall–Kier alpha value is -1.79. The van der Waals surface area contributed by atoms with E-state index in [0.29, 0.717) is 17.1 Å². The second-order valence-corrected chi connectivity index (χ2v) is 3.74. The van der Waals surface area contributed by atoms with Crippen LogP contribution in [0.4, 0.5) is 18.9 Å². The summed E-state index contributed by atoms with van der Waals surface area (Å²) in [6.07, 6.45) is -2.99. The van der Waals surface area contributed by atoms with Crippen molar-refractivity contribution >= 4 is 11.6 Å². The fourth-order valence-electron chi connectivity index (χ4n) is 1.37. The van der Waals surface area contributed by atoms with E-state index in [-0.39, 0.29) is 5.69 Å². The lowest BCUT2D eigenvalue weighted by molar-refractivity contribution is -0.138. The number of halogens is 3. The molecule has 1 heterocycles. The normalized spacial score (nSPS) is 11.2. The summed E-state index contributed by atoms with van der Waals surface area (Å²) in [6, 6.07) is 3.00. The van der Waals surface area contributed by atoms with Crippen molar-refractivity contribution in [2.24, 2.45) is 0 Å². The lowest BCUT2D eigenvalue weighted by atomic mass is 10.3. The molecule has 1 amide bonds. The molecule has 0 aliphatic rings. The largest absolute Gasteiger partial charge is 0.406 e. The van der Waals surface area contributed by atoms with Gasteiger partial charge >= 0.3 is 6.18 Å². The summed E-state index contributed by atoms with van der Waals surface area (Å²) in [4.78, 5) is 16.1. The zero-order valence-corrected chi connectivity index (χ0v) is 10.1. The van der Waals surface area contributed by atoms with Crippen LogP contribution < -0.4 is 5.32 Å². The quantitative estimate of drug-likeness (QED) is 0.903. The Bertz CT molecular complexity index is 403. The van der Waals surface area contributed by atoms with E-state index in [1.54, 1.807) is 6.07 Å². The predicted molar refractivity (Wildman–Crippen MR) is 61.4 cm³/mol. The first kappa shape index (κ1) is 14.3. The Kier molecular flexibility index (Phi) is 4.52. The molecule has 0 aliphatic carbocycles. The highest BCUT2D eigenvalue weighted by Crippen LogP contribution is 2.17. The molecule has 0 radical (unpaired) electrons. The Labute approximate surface area is 103 Å². The topological polar surface area (TPSA) is 45.2 Å². The van der Waals surface area contributed by atoms with Crippen molar-refractivity contribution < 1.29 is 18.0 Å². The molecule has 4 nitrogen and oxygen atoms in total. The van der Waals surface area contributed by atoms with E-state index in [1.807, 2.05) is 6.92 Å². The zero-order chi connectivity index (χ0) is 13.8. The van der Waals surface area contributed by atoms with E-state index >= 15 is 0 Å². The molecule has 0 spiro atoms. The summed E-state index contributed by atoms with van der Waals surface area (Å²) in [5.41, 5.74) is 0.705. The third-order valence-corrected chi connectivity index (χ3v) is 2.13. The summed E-state index contributed by atoms with van der Waals surface area (Å²) in [5, 5.41) is 2.97. The van der Waals surface area contributed by atoms with Gasteiger partial charge in [-0.2, -0.15) is 13.2 Å². The average Bonchev–Trinajstić information content (AvgIpc) is 2.27. The molecule has 1 aromatic rings. The van der Waals surface area contributed by atoms with Gasteiger partial charge < -0.3 is 10.2 Å². The van der Waals surface area contributed by atoms with Gasteiger partial charge in [0.15, 0.2) is 0 Å². The maximum Gasteiger partial charge on any atom is 0.406 e. The van der Waals surface area contributed by atoms with Gasteiger partial charge in [0.05, 0.1) is 11.9 Å². The molecule has 100 valence electrons. The number of aromatic nitrogens is 1. The summed E-state index contributed by atoms with van der Waals surface area (Å²) in [5.74, 6) is -0.754. The first-order valence-electron chi connectivity index (χ1n) is 5.35. The number of pyridine rings is 1. The summed E-state index contributed by atoms with van der Waals surface area (Å²) < 4.78 is 36.4. The minimum atomic E-state index is -4.41. The van der Waals surface area contributed by atoms with Crippen LogP contribution in [0.15, 0.2) is 18.3 Å². The van der Waals surface area contributed by atoms with Crippen molar-refractivity contribution in [1.29, 1.82) is 0 Å². The Morgan fingerprint density at radius 3 is 2.56 bits per heavy atom. The van der Waals surface area contributed by atoms with Gasteiger partial charge in [0.2, 0.25) is 0 Å². The Balaban J connectivity index is 2.72. The molecular weight excluding hydrogens is 247 g/mol. The van der Waals surface area contributed by atoms with Gasteiger partial charge in [0.25, 0.3) is 5.91 Å². The van der Waals surface area contributed by atoms with Crippen LogP contribution in [0.2, 0.25) is 0 Å². The van der Waals surface area contributed by atoms with Crippen LogP contribution in [0.25, 0.3) is 0 Å². The fraction of sp³-hybridized carbons (Fsp3) is 0.455. The maximum absolute atomic E-state index is 12.1. The molecule has 1 aromatic heterocycles. The summed E-state index contributed by atoms with van der Waals surface area (Å²) in [7, 11) is 1.09. The van der Waals surface area contributed by atoms with Crippen molar-refractivity contribution in [2.75, 3.05) is 25.5 Å². The zero-order valence-electron chi connectivity index (χ0n) is 10.1. The minimum absolute atomic E-state index is 0.0107. The van der Waals surface area contributed by atoms with Crippen LogP contribution in [0.3, 0.4) is 0 Å². The van der Waals surface area contributed by atoms with E-state index in [9.17, 15) is 18.0 Å². The molecule has 18 heavy (non-hydrogen) atoms. The second-order valence-electron chi connectivity index (χ2n) is 3.74. The molecular formula is C11H14F3N3O. The Morgan fingerprint density at radius 2 is 2.11 bits per heavy atom. The van der Waals surface area contributed by atoms with Crippen LogP contribution in [0, 0.1) is 0 Å². The first-order valence-corrected chi connectivity index (χ1v) is 5.35. The van der Waals surface area contributed by atoms with Crippen LogP contribution in [0.5, 0.6) is 0 Å². The first-order chi connectivity index (χ1) is 8.33. The molecule has 0 atom stereocenters. The van der Waals surface area contributed by atoms with E-state index in [1.165, 1.54) is 12.3 Å². The molecule has 0 saturated carbocycles. The molecule has 1 rings (SSSR count). The van der Waals surface area contributed by atoms with Gasteiger partial charge in [-0.15, -0.1) is 0 Å². The highest BCUT2D eigenvalue weighted by molar-refractivity contribution is 5.92.